The van der Waals surface area contributed by atoms with E-state index in [0.717, 1.165) is 14.9 Å². The molecule has 1 aromatic carbocycles. The fourth-order valence-electron chi connectivity index (χ4n) is 1.06. The third kappa shape index (κ3) is 4.86. The molecule has 1 rings (SSSR count). The fourth-order valence-corrected chi connectivity index (χ4v) is 3.86. The van der Waals surface area contributed by atoms with Gasteiger partial charge in [-0.3, -0.25) is 0 Å². The Balaban J connectivity index is 2.59. The van der Waals surface area contributed by atoms with Crippen LogP contribution in [0.15, 0.2) is 27.6 Å². The average Bonchev–Trinajstić information content (AvgIpc) is 2.16. The molecule has 0 aliphatic rings. The lowest BCUT2D eigenvalue weighted by molar-refractivity contribution is 0.281. The fraction of sp³-hybridized carbons (Fsp3) is 0.400. The van der Waals surface area contributed by atoms with Crippen LogP contribution in [0.2, 0.25) is 0 Å². The monoisotopic (exact) mass is 324 g/mol. The van der Waals surface area contributed by atoms with E-state index in [-0.39, 0.29) is 12.4 Å². The van der Waals surface area contributed by atoms with Gasteiger partial charge in [0.2, 0.25) is 0 Å². The highest BCUT2D eigenvalue weighted by molar-refractivity contribution is 9.10. The Kier molecular flexibility index (Phi) is 5.30. The van der Waals surface area contributed by atoms with Crippen LogP contribution >= 0.6 is 27.7 Å². The minimum atomic E-state index is -2.89. The molecule has 0 bridgehead atoms. The Morgan fingerprint density at radius 2 is 2.12 bits per heavy atom. The number of thioether (sulfide) groups is 1. The predicted octanol–water partition coefficient (Wildman–Crippen LogP) is 2.08. The first-order valence-corrected chi connectivity index (χ1v) is 8.46. The lowest BCUT2D eigenvalue weighted by atomic mass is 10.2. The summed E-state index contributed by atoms with van der Waals surface area (Å²) >= 11 is 4.84. The summed E-state index contributed by atoms with van der Waals surface area (Å²) in [5, 5.41) is 8.98. The van der Waals surface area contributed by atoms with Crippen LogP contribution in [0.25, 0.3) is 0 Å². The van der Waals surface area contributed by atoms with E-state index in [1.54, 1.807) is 0 Å². The molecule has 0 heterocycles. The molecule has 0 spiro atoms. The minimum absolute atomic E-state index is 0.00509. The van der Waals surface area contributed by atoms with Gasteiger partial charge in [0.25, 0.3) is 0 Å². The first kappa shape index (κ1) is 14.0. The van der Waals surface area contributed by atoms with Crippen molar-refractivity contribution in [2.75, 3.05) is 17.8 Å². The molecule has 0 aromatic heterocycles. The summed E-state index contributed by atoms with van der Waals surface area (Å²) in [5.41, 5.74) is 0.826. The maximum atomic E-state index is 10.9. The highest BCUT2D eigenvalue weighted by Gasteiger charge is 2.04. The van der Waals surface area contributed by atoms with E-state index in [0.29, 0.717) is 5.75 Å². The van der Waals surface area contributed by atoms with Gasteiger partial charge in [0.15, 0.2) is 0 Å². The summed E-state index contributed by atoms with van der Waals surface area (Å²) < 4.78 is 22.7. The summed E-state index contributed by atoms with van der Waals surface area (Å²) in [4.78, 5) is 0.993. The topological polar surface area (TPSA) is 54.4 Å². The highest BCUT2D eigenvalue weighted by Crippen LogP contribution is 2.25. The van der Waals surface area contributed by atoms with Crippen LogP contribution in [0.4, 0.5) is 0 Å². The lowest BCUT2D eigenvalue weighted by Crippen LogP contribution is -2.04. The van der Waals surface area contributed by atoms with E-state index in [9.17, 15) is 8.42 Å². The number of aliphatic hydroxyl groups excluding tert-OH is 1. The van der Waals surface area contributed by atoms with Crippen molar-refractivity contribution < 1.29 is 13.5 Å². The summed E-state index contributed by atoms with van der Waals surface area (Å²) in [6.45, 7) is -0.00509. The number of rotatable bonds is 5. The standard InChI is InChI=1S/C10H13BrO3S2/c1-16(13,14)5-4-15-9-3-2-8(7-12)10(11)6-9/h2-3,6,12H,4-5,7H2,1H3. The second-order valence-electron chi connectivity index (χ2n) is 3.39. The first-order chi connectivity index (χ1) is 7.42. The SMILES string of the molecule is CS(=O)(=O)CCSc1ccc(CO)c(Br)c1. The predicted molar refractivity (Wildman–Crippen MR) is 70.5 cm³/mol. The first-order valence-electron chi connectivity index (χ1n) is 4.62. The number of benzene rings is 1. The van der Waals surface area contributed by atoms with E-state index in [4.69, 9.17) is 5.11 Å². The van der Waals surface area contributed by atoms with Crippen molar-refractivity contribution in [2.45, 2.75) is 11.5 Å². The molecule has 0 saturated heterocycles. The van der Waals surface area contributed by atoms with Gasteiger partial charge in [-0.25, -0.2) is 8.42 Å². The Morgan fingerprint density at radius 1 is 1.44 bits per heavy atom. The van der Waals surface area contributed by atoms with Crippen LogP contribution in [0.1, 0.15) is 5.56 Å². The second kappa shape index (κ2) is 6.05. The zero-order chi connectivity index (χ0) is 12.2. The molecule has 0 atom stereocenters. The van der Waals surface area contributed by atoms with Crippen molar-refractivity contribution in [2.24, 2.45) is 0 Å². The van der Waals surface area contributed by atoms with Crippen molar-refractivity contribution in [3.63, 3.8) is 0 Å². The average molecular weight is 325 g/mol. The van der Waals surface area contributed by atoms with Crippen LogP contribution in [0.5, 0.6) is 0 Å². The minimum Gasteiger partial charge on any atom is -0.392 e. The number of sulfone groups is 1. The van der Waals surface area contributed by atoms with Crippen molar-refractivity contribution in [3.05, 3.63) is 28.2 Å². The van der Waals surface area contributed by atoms with Crippen molar-refractivity contribution >= 4 is 37.5 Å². The van der Waals surface area contributed by atoms with E-state index in [1.807, 2.05) is 18.2 Å². The largest absolute Gasteiger partial charge is 0.392 e. The number of halogens is 1. The highest BCUT2D eigenvalue weighted by atomic mass is 79.9. The van der Waals surface area contributed by atoms with Gasteiger partial charge in [-0.05, 0) is 17.7 Å². The third-order valence-electron chi connectivity index (χ3n) is 1.92. The second-order valence-corrected chi connectivity index (χ2v) is 7.67. The molecule has 0 unspecified atom stereocenters. The summed E-state index contributed by atoms with van der Waals surface area (Å²) in [7, 11) is -2.89. The molecule has 90 valence electrons. The molecule has 16 heavy (non-hydrogen) atoms. The van der Waals surface area contributed by atoms with E-state index < -0.39 is 9.84 Å². The Hall–Kier alpha value is -0.0400. The number of hydrogen-bond donors (Lipinski definition) is 1. The number of hydrogen-bond acceptors (Lipinski definition) is 4. The molecule has 0 aliphatic heterocycles. The maximum absolute atomic E-state index is 10.9. The van der Waals surface area contributed by atoms with Gasteiger partial charge in [0.05, 0.1) is 12.4 Å². The van der Waals surface area contributed by atoms with Crippen LogP contribution in [0.3, 0.4) is 0 Å². The van der Waals surface area contributed by atoms with Crippen molar-refractivity contribution in [1.82, 2.24) is 0 Å². The molecule has 1 aromatic rings. The van der Waals surface area contributed by atoms with Gasteiger partial charge < -0.3 is 5.11 Å². The van der Waals surface area contributed by atoms with Crippen LogP contribution in [-0.2, 0) is 16.4 Å². The van der Waals surface area contributed by atoms with Gasteiger partial charge in [-0.15, -0.1) is 11.8 Å². The molecule has 0 fully saturated rings. The summed E-state index contributed by atoms with van der Waals surface area (Å²) in [6, 6.07) is 5.59. The molecule has 0 aliphatic carbocycles. The molecule has 6 heteroatoms. The van der Waals surface area contributed by atoms with Crippen LogP contribution in [-0.4, -0.2) is 31.3 Å². The summed E-state index contributed by atoms with van der Waals surface area (Å²) in [5.74, 6) is 0.723. The molecule has 0 radical (unpaired) electrons. The maximum Gasteiger partial charge on any atom is 0.148 e. The molecule has 3 nitrogen and oxygen atoms in total. The zero-order valence-corrected chi connectivity index (χ0v) is 12.0. The van der Waals surface area contributed by atoms with Gasteiger partial charge in [-0.1, -0.05) is 22.0 Å². The third-order valence-corrected chi connectivity index (χ3v) is 4.86. The quantitative estimate of drug-likeness (QED) is 0.842. The molecule has 0 amide bonds. The van der Waals surface area contributed by atoms with Gasteiger partial charge in [0.1, 0.15) is 9.84 Å². The molecular weight excluding hydrogens is 312 g/mol. The van der Waals surface area contributed by atoms with E-state index >= 15 is 0 Å². The van der Waals surface area contributed by atoms with Gasteiger partial charge in [0, 0.05) is 21.4 Å². The van der Waals surface area contributed by atoms with Crippen LogP contribution in [0, 0.1) is 0 Å². The number of aliphatic hydroxyl groups is 1. The smallest absolute Gasteiger partial charge is 0.148 e. The summed E-state index contributed by atoms with van der Waals surface area (Å²) in [6.07, 6.45) is 1.23. The molecular formula is C10H13BrO3S2. The van der Waals surface area contributed by atoms with Crippen molar-refractivity contribution in [3.8, 4) is 0 Å². The van der Waals surface area contributed by atoms with Gasteiger partial charge in [-0.2, -0.15) is 0 Å². The zero-order valence-electron chi connectivity index (χ0n) is 8.81. The normalized spacial score (nSPS) is 11.7. The van der Waals surface area contributed by atoms with Crippen LogP contribution < -0.4 is 0 Å². The lowest BCUT2D eigenvalue weighted by Gasteiger charge is -2.04. The Bertz CT molecular complexity index is 457. The van der Waals surface area contributed by atoms with Crippen molar-refractivity contribution in [1.29, 1.82) is 0 Å². The molecule has 1 N–H and O–H groups in total. The molecule has 0 saturated carbocycles. The van der Waals surface area contributed by atoms with Gasteiger partial charge >= 0.3 is 0 Å². The van der Waals surface area contributed by atoms with E-state index in [2.05, 4.69) is 15.9 Å². The Morgan fingerprint density at radius 3 is 2.62 bits per heavy atom. The van der Waals surface area contributed by atoms with E-state index in [1.165, 1.54) is 18.0 Å². The Labute approximate surface area is 108 Å².